The number of rotatable bonds is 2. The lowest BCUT2D eigenvalue weighted by Crippen LogP contribution is -2.38. The molecule has 15 heavy (non-hydrogen) atoms. The van der Waals surface area contributed by atoms with Gasteiger partial charge in [0.1, 0.15) is 0 Å². The molecule has 0 aromatic carbocycles. The smallest absolute Gasteiger partial charge is 0.230 e. The van der Waals surface area contributed by atoms with Crippen molar-refractivity contribution in [2.75, 3.05) is 13.1 Å². The molecule has 2 rings (SSSR count). The third-order valence-electron chi connectivity index (χ3n) is 2.85. The van der Waals surface area contributed by atoms with Gasteiger partial charge >= 0.3 is 0 Å². The highest BCUT2D eigenvalue weighted by Gasteiger charge is 2.21. The van der Waals surface area contributed by atoms with E-state index in [1.165, 1.54) is 6.39 Å². The molecule has 0 saturated carbocycles. The summed E-state index contributed by atoms with van der Waals surface area (Å²) in [4.78, 5) is 17.5. The molecule has 5 nitrogen and oxygen atoms in total. The van der Waals surface area contributed by atoms with Crippen LogP contribution in [0.4, 0.5) is 0 Å². The highest BCUT2D eigenvalue weighted by molar-refractivity contribution is 5.77. The summed E-state index contributed by atoms with van der Waals surface area (Å²) in [6.45, 7) is 3.94. The molecule has 5 heteroatoms. The van der Waals surface area contributed by atoms with E-state index in [9.17, 15) is 4.79 Å². The lowest BCUT2D eigenvalue weighted by atomic mass is 9.99. The van der Waals surface area contributed by atoms with Crippen molar-refractivity contribution in [3.8, 4) is 0 Å². The maximum Gasteiger partial charge on any atom is 0.230 e. The Bertz CT molecular complexity index is 315. The Morgan fingerprint density at radius 3 is 2.93 bits per heavy atom. The molecule has 1 aliphatic heterocycles. The summed E-state index contributed by atoms with van der Waals surface area (Å²) in [5.41, 5.74) is 0. The highest BCUT2D eigenvalue weighted by atomic mass is 16.5. The number of carbonyl (C=O) groups excluding carboxylic acids is 1. The minimum Gasteiger partial charge on any atom is -0.343 e. The molecule has 2 heterocycles. The molecule has 1 aromatic rings. The monoisotopic (exact) mass is 209 g/mol. The number of hydrogen-bond acceptors (Lipinski definition) is 4. The first-order valence-corrected chi connectivity index (χ1v) is 5.28. The number of aromatic nitrogens is 2. The van der Waals surface area contributed by atoms with Crippen LogP contribution in [-0.2, 0) is 11.2 Å². The summed E-state index contributed by atoms with van der Waals surface area (Å²) in [6.07, 6.45) is 3.70. The summed E-state index contributed by atoms with van der Waals surface area (Å²) in [7, 11) is 0. The van der Waals surface area contributed by atoms with Crippen LogP contribution in [0.1, 0.15) is 25.6 Å². The van der Waals surface area contributed by atoms with Crippen LogP contribution >= 0.6 is 0 Å². The largest absolute Gasteiger partial charge is 0.343 e. The molecule has 1 saturated heterocycles. The van der Waals surface area contributed by atoms with Crippen molar-refractivity contribution in [1.82, 2.24) is 15.0 Å². The van der Waals surface area contributed by atoms with Gasteiger partial charge in [0, 0.05) is 13.1 Å². The zero-order chi connectivity index (χ0) is 10.7. The number of amides is 1. The fourth-order valence-electron chi connectivity index (χ4n) is 1.78. The fourth-order valence-corrected chi connectivity index (χ4v) is 1.78. The maximum absolute atomic E-state index is 11.8. The van der Waals surface area contributed by atoms with E-state index in [1.54, 1.807) is 0 Å². The van der Waals surface area contributed by atoms with Crippen LogP contribution in [0.5, 0.6) is 0 Å². The predicted octanol–water partition coefficient (Wildman–Crippen LogP) is 0.871. The van der Waals surface area contributed by atoms with Crippen LogP contribution in [0.2, 0.25) is 0 Å². The van der Waals surface area contributed by atoms with Crippen molar-refractivity contribution in [3.05, 3.63) is 12.2 Å². The van der Waals surface area contributed by atoms with E-state index in [-0.39, 0.29) is 12.3 Å². The van der Waals surface area contributed by atoms with Gasteiger partial charge < -0.3 is 9.42 Å². The number of carbonyl (C=O) groups is 1. The molecular weight excluding hydrogens is 194 g/mol. The quantitative estimate of drug-likeness (QED) is 0.725. The van der Waals surface area contributed by atoms with Crippen LogP contribution in [0, 0.1) is 5.92 Å². The van der Waals surface area contributed by atoms with Gasteiger partial charge in [-0.1, -0.05) is 12.1 Å². The van der Waals surface area contributed by atoms with Crippen molar-refractivity contribution >= 4 is 5.91 Å². The van der Waals surface area contributed by atoms with Crippen LogP contribution < -0.4 is 0 Å². The molecule has 1 amide bonds. The van der Waals surface area contributed by atoms with Crippen LogP contribution in [0.25, 0.3) is 0 Å². The molecule has 0 bridgehead atoms. The third-order valence-corrected chi connectivity index (χ3v) is 2.85. The lowest BCUT2D eigenvalue weighted by molar-refractivity contribution is -0.131. The highest BCUT2D eigenvalue weighted by Crippen LogP contribution is 2.16. The van der Waals surface area contributed by atoms with Gasteiger partial charge in [0.25, 0.3) is 0 Å². The van der Waals surface area contributed by atoms with Gasteiger partial charge in [-0.15, -0.1) is 0 Å². The standard InChI is InChI=1S/C10H15N3O2/c1-8-2-4-13(5-3-8)10(14)6-9-11-7-15-12-9/h7-8H,2-6H2,1H3. The molecule has 1 aliphatic rings. The Kier molecular flexibility index (Phi) is 2.99. The second-order valence-electron chi connectivity index (χ2n) is 4.09. The number of likely N-dealkylation sites (tertiary alicyclic amines) is 1. The molecular formula is C10H15N3O2. The first-order valence-electron chi connectivity index (χ1n) is 5.28. The Hall–Kier alpha value is -1.39. The van der Waals surface area contributed by atoms with Crippen molar-refractivity contribution in [2.24, 2.45) is 5.92 Å². The van der Waals surface area contributed by atoms with Gasteiger partial charge in [0.05, 0.1) is 6.42 Å². The van der Waals surface area contributed by atoms with E-state index in [0.29, 0.717) is 5.82 Å². The Balaban J connectivity index is 1.86. The normalized spacial score (nSPS) is 18.1. The summed E-state index contributed by atoms with van der Waals surface area (Å²) < 4.78 is 4.59. The zero-order valence-corrected chi connectivity index (χ0v) is 8.85. The van der Waals surface area contributed by atoms with E-state index in [2.05, 4.69) is 21.6 Å². The van der Waals surface area contributed by atoms with Gasteiger partial charge in [-0.25, -0.2) is 0 Å². The van der Waals surface area contributed by atoms with Gasteiger partial charge in [-0.3, -0.25) is 4.79 Å². The summed E-state index contributed by atoms with van der Waals surface area (Å²) in [6, 6.07) is 0. The van der Waals surface area contributed by atoms with E-state index < -0.39 is 0 Å². The molecule has 82 valence electrons. The summed E-state index contributed by atoms with van der Waals surface area (Å²) >= 11 is 0. The summed E-state index contributed by atoms with van der Waals surface area (Å²) in [5.74, 6) is 1.31. The molecule has 0 radical (unpaired) electrons. The number of nitrogens with zero attached hydrogens (tertiary/aromatic N) is 3. The first-order chi connectivity index (χ1) is 7.25. The minimum atomic E-state index is 0.100. The Morgan fingerprint density at radius 1 is 1.60 bits per heavy atom. The van der Waals surface area contributed by atoms with Gasteiger partial charge in [-0.2, -0.15) is 4.98 Å². The molecule has 0 atom stereocenters. The SMILES string of the molecule is CC1CCN(C(=O)Cc2ncon2)CC1. The average Bonchev–Trinajstić information content (AvgIpc) is 2.71. The average molecular weight is 209 g/mol. The minimum absolute atomic E-state index is 0.100. The van der Waals surface area contributed by atoms with Gasteiger partial charge in [0.15, 0.2) is 5.82 Å². The topological polar surface area (TPSA) is 59.2 Å². The maximum atomic E-state index is 11.8. The van der Waals surface area contributed by atoms with E-state index >= 15 is 0 Å². The van der Waals surface area contributed by atoms with E-state index in [0.717, 1.165) is 31.8 Å². The van der Waals surface area contributed by atoms with Gasteiger partial charge in [-0.05, 0) is 18.8 Å². The van der Waals surface area contributed by atoms with Crippen LogP contribution in [0.3, 0.4) is 0 Å². The molecule has 1 aromatic heterocycles. The van der Waals surface area contributed by atoms with Crippen molar-refractivity contribution < 1.29 is 9.32 Å². The molecule has 1 fully saturated rings. The predicted molar refractivity (Wildman–Crippen MR) is 53.0 cm³/mol. The number of hydrogen-bond donors (Lipinski definition) is 0. The van der Waals surface area contributed by atoms with Crippen molar-refractivity contribution in [1.29, 1.82) is 0 Å². The van der Waals surface area contributed by atoms with Crippen LogP contribution in [0.15, 0.2) is 10.9 Å². The van der Waals surface area contributed by atoms with Crippen molar-refractivity contribution in [3.63, 3.8) is 0 Å². The molecule has 0 N–H and O–H groups in total. The van der Waals surface area contributed by atoms with Crippen LogP contribution in [-0.4, -0.2) is 34.0 Å². The number of piperidine rings is 1. The molecule has 0 unspecified atom stereocenters. The Morgan fingerprint density at radius 2 is 2.33 bits per heavy atom. The van der Waals surface area contributed by atoms with E-state index in [4.69, 9.17) is 0 Å². The third kappa shape index (κ3) is 2.55. The second-order valence-corrected chi connectivity index (χ2v) is 4.09. The zero-order valence-electron chi connectivity index (χ0n) is 8.85. The van der Waals surface area contributed by atoms with E-state index in [1.807, 2.05) is 4.90 Å². The fraction of sp³-hybridized carbons (Fsp3) is 0.700. The summed E-state index contributed by atoms with van der Waals surface area (Å²) in [5, 5.41) is 3.63. The lowest BCUT2D eigenvalue weighted by Gasteiger charge is -2.30. The molecule has 0 aliphatic carbocycles. The molecule has 0 spiro atoms. The first kappa shape index (κ1) is 10.1. The van der Waals surface area contributed by atoms with Gasteiger partial charge in [0.2, 0.25) is 12.3 Å². The Labute approximate surface area is 88.5 Å². The van der Waals surface area contributed by atoms with Crippen molar-refractivity contribution in [2.45, 2.75) is 26.2 Å². The second kappa shape index (κ2) is 4.42.